The Bertz CT molecular complexity index is 784. The highest BCUT2D eigenvalue weighted by Gasteiger charge is 2.28. The van der Waals surface area contributed by atoms with E-state index in [1.165, 1.54) is 0 Å². The third kappa shape index (κ3) is 5.36. The van der Waals surface area contributed by atoms with Crippen molar-refractivity contribution in [1.29, 1.82) is 0 Å². The van der Waals surface area contributed by atoms with E-state index in [1.54, 1.807) is 23.5 Å². The SMILES string of the molecule is CCN(CC)CCSCC(=O)N1c2ccccc2Sc2ccc(Cl)cc21.Cl. The van der Waals surface area contributed by atoms with Crippen molar-refractivity contribution in [2.75, 3.05) is 36.0 Å². The molecule has 0 aliphatic carbocycles. The Morgan fingerprint density at radius 3 is 2.56 bits per heavy atom. The molecule has 0 saturated carbocycles. The maximum atomic E-state index is 13.1. The topological polar surface area (TPSA) is 23.6 Å². The standard InChI is InChI=1S/C20H23ClN2OS2.ClH/c1-3-22(4-2)11-12-25-14-20(24)23-16-7-5-6-8-18(16)26-19-10-9-15(21)13-17(19)23;/h5-10,13H,3-4,11-12,14H2,1-2H3;1H. The van der Waals surface area contributed by atoms with Crippen LogP contribution in [-0.4, -0.2) is 41.9 Å². The molecule has 7 heteroatoms. The molecule has 2 aromatic carbocycles. The van der Waals surface area contributed by atoms with Crippen molar-refractivity contribution in [3.8, 4) is 0 Å². The first kappa shape index (κ1) is 22.4. The fraction of sp³-hybridized carbons (Fsp3) is 0.350. The molecule has 0 aromatic heterocycles. The number of thioether (sulfide) groups is 1. The van der Waals surface area contributed by atoms with E-state index >= 15 is 0 Å². The number of anilines is 2. The number of para-hydroxylation sites is 1. The van der Waals surface area contributed by atoms with Crippen molar-refractivity contribution in [3.63, 3.8) is 0 Å². The van der Waals surface area contributed by atoms with Gasteiger partial charge in [-0.3, -0.25) is 9.69 Å². The number of nitrogens with zero attached hydrogens (tertiary/aromatic N) is 2. The Morgan fingerprint density at radius 1 is 1.11 bits per heavy atom. The molecule has 0 fully saturated rings. The summed E-state index contributed by atoms with van der Waals surface area (Å²) in [5, 5.41) is 0.649. The molecule has 1 amide bonds. The number of amides is 1. The Kier molecular flexibility index (Phi) is 8.83. The van der Waals surface area contributed by atoms with Gasteiger partial charge in [-0.25, -0.2) is 0 Å². The molecule has 1 aliphatic heterocycles. The second-order valence-corrected chi connectivity index (χ2v) is 8.62. The van der Waals surface area contributed by atoms with Crippen LogP contribution in [0.4, 0.5) is 11.4 Å². The van der Waals surface area contributed by atoms with Crippen LogP contribution in [-0.2, 0) is 4.79 Å². The fourth-order valence-electron chi connectivity index (χ4n) is 2.95. The highest BCUT2D eigenvalue weighted by Crippen LogP contribution is 2.48. The van der Waals surface area contributed by atoms with Gasteiger partial charge in [0.1, 0.15) is 0 Å². The van der Waals surface area contributed by atoms with Gasteiger partial charge in [0.15, 0.2) is 0 Å². The molecule has 0 unspecified atom stereocenters. The van der Waals surface area contributed by atoms with Crippen LogP contribution >= 0.6 is 47.5 Å². The lowest BCUT2D eigenvalue weighted by Crippen LogP contribution is -2.31. The van der Waals surface area contributed by atoms with Crippen molar-refractivity contribution in [3.05, 3.63) is 47.5 Å². The van der Waals surface area contributed by atoms with Crippen LogP contribution in [0, 0.1) is 0 Å². The first-order valence-corrected chi connectivity index (χ1v) is 11.2. The predicted molar refractivity (Wildman–Crippen MR) is 122 cm³/mol. The summed E-state index contributed by atoms with van der Waals surface area (Å²) in [4.78, 5) is 19.4. The zero-order valence-corrected chi connectivity index (χ0v) is 18.7. The number of benzene rings is 2. The molecule has 27 heavy (non-hydrogen) atoms. The summed E-state index contributed by atoms with van der Waals surface area (Å²) < 4.78 is 0. The van der Waals surface area contributed by atoms with Crippen molar-refractivity contribution in [1.82, 2.24) is 4.90 Å². The fourth-order valence-corrected chi connectivity index (χ4v) is 4.99. The van der Waals surface area contributed by atoms with Crippen LogP contribution in [0.2, 0.25) is 5.02 Å². The Balaban J connectivity index is 0.00000261. The molecule has 0 bridgehead atoms. The number of hydrogen-bond acceptors (Lipinski definition) is 4. The van der Waals surface area contributed by atoms with E-state index in [4.69, 9.17) is 11.6 Å². The van der Waals surface area contributed by atoms with E-state index in [0.29, 0.717) is 10.8 Å². The van der Waals surface area contributed by atoms with E-state index < -0.39 is 0 Å². The molecular formula is C20H24Cl2N2OS2. The highest BCUT2D eigenvalue weighted by atomic mass is 35.5. The molecule has 1 heterocycles. The van der Waals surface area contributed by atoms with Crippen molar-refractivity contribution in [2.45, 2.75) is 23.6 Å². The molecule has 0 radical (unpaired) electrons. The van der Waals surface area contributed by atoms with Crippen LogP contribution in [0.3, 0.4) is 0 Å². The lowest BCUT2D eigenvalue weighted by Gasteiger charge is -2.31. The van der Waals surface area contributed by atoms with E-state index in [0.717, 1.165) is 46.6 Å². The monoisotopic (exact) mass is 442 g/mol. The minimum atomic E-state index is 0. The van der Waals surface area contributed by atoms with E-state index in [2.05, 4.69) is 24.8 Å². The largest absolute Gasteiger partial charge is 0.303 e. The van der Waals surface area contributed by atoms with Gasteiger partial charge in [0, 0.05) is 27.1 Å². The molecule has 3 rings (SSSR count). The van der Waals surface area contributed by atoms with Crippen LogP contribution in [0.15, 0.2) is 52.3 Å². The maximum absolute atomic E-state index is 13.1. The van der Waals surface area contributed by atoms with Crippen LogP contribution in [0.25, 0.3) is 0 Å². The number of fused-ring (bicyclic) bond motifs is 2. The lowest BCUT2D eigenvalue weighted by molar-refractivity contribution is -0.115. The van der Waals surface area contributed by atoms with Gasteiger partial charge in [0.25, 0.3) is 0 Å². The molecule has 2 aromatic rings. The summed E-state index contributed by atoms with van der Waals surface area (Å²) in [5.74, 6) is 1.53. The second kappa shape index (κ2) is 10.6. The Hall–Kier alpha value is -0.850. The minimum Gasteiger partial charge on any atom is -0.303 e. The van der Waals surface area contributed by atoms with E-state index in [9.17, 15) is 4.79 Å². The molecule has 0 spiro atoms. The summed E-state index contributed by atoms with van der Waals surface area (Å²) in [5.41, 5.74) is 1.83. The molecule has 146 valence electrons. The van der Waals surface area contributed by atoms with Gasteiger partial charge in [-0.05, 0) is 43.4 Å². The summed E-state index contributed by atoms with van der Waals surface area (Å²) in [6.07, 6.45) is 0. The molecule has 0 saturated heterocycles. The number of carbonyl (C=O) groups excluding carboxylic acids is 1. The minimum absolute atomic E-state index is 0. The Morgan fingerprint density at radius 2 is 1.81 bits per heavy atom. The van der Waals surface area contributed by atoms with Gasteiger partial charge in [-0.2, -0.15) is 11.8 Å². The average molecular weight is 443 g/mol. The Labute approximate surface area is 181 Å². The zero-order valence-electron chi connectivity index (χ0n) is 15.5. The van der Waals surface area contributed by atoms with Crippen LogP contribution in [0.1, 0.15) is 13.8 Å². The summed E-state index contributed by atoms with van der Waals surface area (Å²) in [6, 6.07) is 13.8. The first-order valence-electron chi connectivity index (χ1n) is 8.83. The zero-order chi connectivity index (χ0) is 18.5. The molecule has 1 aliphatic rings. The summed E-state index contributed by atoms with van der Waals surface area (Å²) >= 11 is 9.59. The van der Waals surface area contributed by atoms with Gasteiger partial charge in [-0.15, -0.1) is 12.4 Å². The van der Waals surface area contributed by atoms with Crippen LogP contribution in [0.5, 0.6) is 0 Å². The third-order valence-corrected chi connectivity index (χ3v) is 6.70. The lowest BCUT2D eigenvalue weighted by atomic mass is 10.2. The first-order chi connectivity index (χ1) is 12.6. The van der Waals surface area contributed by atoms with Gasteiger partial charge in [0.2, 0.25) is 5.91 Å². The maximum Gasteiger partial charge on any atom is 0.241 e. The molecule has 0 atom stereocenters. The van der Waals surface area contributed by atoms with Gasteiger partial charge < -0.3 is 4.90 Å². The smallest absolute Gasteiger partial charge is 0.241 e. The van der Waals surface area contributed by atoms with Crippen LogP contribution < -0.4 is 4.90 Å². The summed E-state index contributed by atoms with van der Waals surface area (Å²) in [7, 11) is 0. The second-order valence-electron chi connectivity index (χ2n) is 5.99. The number of rotatable bonds is 7. The third-order valence-electron chi connectivity index (χ3n) is 4.41. The van der Waals surface area contributed by atoms with Gasteiger partial charge in [0.05, 0.1) is 17.1 Å². The molecular weight excluding hydrogens is 419 g/mol. The normalized spacial score (nSPS) is 12.4. The number of halogens is 2. The van der Waals surface area contributed by atoms with Crippen molar-refractivity contribution >= 4 is 64.8 Å². The quantitative estimate of drug-likeness (QED) is 0.492. The molecule has 0 N–H and O–H groups in total. The average Bonchev–Trinajstić information content (AvgIpc) is 2.66. The van der Waals surface area contributed by atoms with Gasteiger partial charge >= 0.3 is 0 Å². The summed E-state index contributed by atoms with van der Waals surface area (Å²) in [6.45, 7) is 7.45. The molecule has 3 nitrogen and oxygen atoms in total. The highest BCUT2D eigenvalue weighted by molar-refractivity contribution is 8.00. The van der Waals surface area contributed by atoms with Crippen molar-refractivity contribution in [2.24, 2.45) is 0 Å². The van der Waals surface area contributed by atoms with Gasteiger partial charge in [-0.1, -0.05) is 49.3 Å². The van der Waals surface area contributed by atoms with Crippen molar-refractivity contribution < 1.29 is 4.79 Å². The van der Waals surface area contributed by atoms with E-state index in [1.807, 2.05) is 41.3 Å². The van der Waals surface area contributed by atoms with E-state index in [-0.39, 0.29) is 18.3 Å². The predicted octanol–water partition coefficient (Wildman–Crippen LogP) is 5.97. The number of carbonyl (C=O) groups is 1. The number of hydrogen-bond donors (Lipinski definition) is 0.